The molecule has 4 aromatic rings. The van der Waals surface area contributed by atoms with Crippen molar-refractivity contribution in [3.05, 3.63) is 123 Å². The van der Waals surface area contributed by atoms with E-state index in [0.717, 1.165) is 41.1 Å². The van der Waals surface area contributed by atoms with Crippen LogP contribution in [0.1, 0.15) is 42.4 Å². The van der Waals surface area contributed by atoms with Gasteiger partial charge in [-0.05, 0) is 73.4 Å². The second kappa shape index (κ2) is 16.3. The number of benzene rings is 4. The van der Waals surface area contributed by atoms with Crippen molar-refractivity contribution in [1.29, 1.82) is 0 Å². The Labute approximate surface area is 303 Å². The molecule has 1 aliphatic carbocycles. The third-order valence-corrected chi connectivity index (χ3v) is 11.2. The highest BCUT2D eigenvalue weighted by atomic mass is 35.5. The van der Waals surface area contributed by atoms with Gasteiger partial charge in [-0.25, -0.2) is 8.42 Å². The Bertz CT molecular complexity index is 1890. The minimum atomic E-state index is -4.36. The molecule has 0 aromatic heterocycles. The summed E-state index contributed by atoms with van der Waals surface area (Å²) in [6, 6.07) is 24.1. The second-order valence-corrected chi connectivity index (χ2v) is 15.2. The fourth-order valence-electron chi connectivity index (χ4n) is 5.96. The van der Waals surface area contributed by atoms with Crippen LogP contribution in [-0.2, 0) is 32.6 Å². The normalized spacial score (nSPS) is 13.9. The smallest absolute Gasteiger partial charge is 0.264 e. The van der Waals surface area contributed by atoms with Gasteiger partial charge in [-0.15, -0.1) is 0 Å². The number of methoxy groups -OCH3 is 1. The largest absolute Gasteiger partial charge is 0.495 e. The van der Waals surface area contributed by atoms with E-state index >= 15 is 0 Å². The molecule has 0 aliphatic heterocycles. The van der Waals surface area contributed by atoms with Crippen molar-refractivity contribution in [3.63, 3.8) is 0 Å². The summed E-state index contributed by atoms with van der Waals surface area (Å²) in [5.41, 5.74) is 2.31. The van der Waals surface area contributed by atoms with Crippen molar-refractivity contribution >= 4 is 62.3 Å². The Morgan fingerprint density at radius 1 is 0.898 bits per heavy atom. The molecule has 0 radical (unpaired) electrons. The molecule has 49 heavy (non-hydrogen) atoms. The van der Waals surface area contributed by atoms with Crippen LogP contribution in [0.25, 0.3) is 0 Å². The van der Waals surface area contributed by atoms with E-state index in [-0.39, 0.29) is 46.3 Å². The number of sulfonamides is 1. The fraction of sp³-hybridized carbons (Fsp3) is 0.297. The molecule has 1 aliphatic rings. The van der Waals surface area contributed by atoms with Crippen molar-refractivity contribution in [3.8, 4) is 5.75 Å². The Morgan fingerprint density at radius 2 is 1.55 bits per heavy atom. The number of carbonyl (C=O) groups is 2. The third-order valence-electron chi connectivity index (χ3n) is 8.63. The first-order valence-corrected chi connectivity index (χ1v) is 18.5. The van der Waals surface area contributed by atoms with E-state index in [4.69, 9.17) is 39.5 Å². The van der Waals surface area contributed by atoms with E-state index < -0.39 is 28.5 Å². The number of hydrogen-bond acceptors (Lipinski definition) is 5. The molecule has 0 saturated heterocycles. The molecule has 4 aromatic carbocycles. The predicted molar refractivity (Wildman–Crippen MR) is 195 cm³/mol. The van der Waals surface area contributed by atoms with Gasteiger partial charge in [-0.2, -0.15) is 0 Å². The third kappa shape index (κ3) is 9.08. The minimum Gasteiger partial charge on any atom is -0.495 e. The van der Waals surface area contributed by atoms with E-state index in [9.17, 15) is 18.0 Å². The van der Waals surface area contributed by atoms with E-state index in [1.807, 2.05) is 37.3 Å². The summed E-state index contributed by atoms with van der Waals surface area (Å²) in [6.45, 7) is 1.09. The maximum absolute atomic E-state index is 14.8. The summed E-state index contributed by atoms with van der Waals surface area (Å²) in [6.07, 6.45) is 3.88. The molecule has 1 saturated carbocycles. The number of aryl methyl sites for hydroxylation is 1. The Morgan fingerprint density at radius 3 is 2.20 bits per heavy atom. The van der Waals surface area contributed by atoms with Crippen molar-refractivity contribution in [1.82, 2.24) is 10.2 Å². The van der Waals surface area contributed by atoms with Gasteiger partial charge in [-0.1, -0.05) is 102 Å². The first-order valence-electron chi connectivity index (χ1n) is 16.0. The summed E-state index contributed by atoms with van der Waals surface area (Å²) in [5, 5.41) is 4.12. The van der Waals surface area contributed by atoms with Gasteiger partial charge in [-0.3, -0.25) is 13.9 Å². The van der Waals surface area contributed by atoms with E-state index in [1.54, 1.807) is 36.4 Å². The number of halogens is 3. The molecule has 1 atom stereocenters. The highest BCUT2D eigenvalue weighted by molar-refractivity contribution is 7.92. The molecule has 2 amide bonds. The van der Waals surface area contributed by atoms with Crippen LogP contribution in [0.4, 0.5) is 5.69 Å². The molecule has 8 nitrogen and oxygen atoms in total. The molecular weight excluding hydrogens is 705 g/mol. The average Bonchev–Trinajstić information content (AvgIpc) is 3.59. The van der Waals surface area contributed by atoms with Crippen LogP contribution >= 0.6 is 34.8 Å². The van der Waals surface area contributed by atoms with Crippen molar-refractivity contribution in [2.75, 3.05) is 18.0 Å². The molecular formula is C37H38Cl3N3O5S. The maximum Gasteiger partial charge on any atom is 0.264 e. The summed E-state index contributed by atoms with van der Waals surface area (Å²) in [7, 11) is -2.95. The SMILES string of the molecule is COc1ccc(Cl)cc1N(CC(=O)N(Cc1ccc(Cl)cc1Cl)C(Cc1ccccc1)C(=O)NC1CCCC1)S(=O)(=O)c1ccc(C)cc1. The highest BCUT2D eigenvalue weighted by Crippen LogP contribution is 2.35. The first-order chi connectivity index (χ1) is 23.5. The van der Waals surface area contributed by atoms with Crippen LogP contribution in [-0.4, -0.2) is 50.9 Å². The molecule has 258 valence electrons. The standard InChI is InChI=1S/C37H38Cl3N3O5S/c1-25-12-17-31(18-13-25)49(46,47)43(33-22-29(39)16-19-35(33)48-2)24-36(44)42(23-27-14-15-28(38)21-32(27)40)34(20-26-8-4-3-5-9-26)37(45)41-30-10-6-7-11-30/h3-5,8-9,12-19,21-22,30,34H,6-7,10-11,20,23-24H2,1-2H3,(H,41,45). The molecule has 1 N–H and O–H groups in total. The molecule has 0 heterocycles. The minimum absolute atomic E-state index is 0.0176. The van der Waals surface area contributed by atoms with Crippen LogP contribution in [0, 0.1) is 6.92 Å². The number of rotatable bonds is 13. The summed E-state index contributed by atoms with van der Waals surface area (Å²) >= 11 is 19.2. The lowest BCUT2D eigenvalue weighted by Crippen LogP contribution is -2.54. The number of nitrogens with one attached hydrogen (secondary N) is 1. The zero-order valence-corrected chi connectivity index (χ0v) is 30.3. The first kappa shape index (κ1) is 36.5. The lowest BCUT2D eigenvalue weighted by Gasteiger charge is -2.34. The van der Waals surface area contributed by atoms with Crippen molar-refractivity contribution < 1.29 is 22.7 Å². The number of hydrogen-bond donors (Lipinski definition) is 1. The van der Waals surface area contributed by atoms with Gasteiger partial charge in [0.25, 0.3) is 10.0 Å². The van der Waals surface area contributed by atoms with E-state index in [0.29, 0.717) is 15.6 Å². The van der Waals surface area contributed by atoms with Crippen LogP contribution in [0.2, 0.25) is 15.1 Å². The van der Waals surface area contributed by atoms with Crippen LogP contribution in [0.3, 0.4) is 0 Å². The Kier molecular flexibility index (Phi) is 12.1. The predicted octanol–water partition coefficient (Wildman–Crippen LogP) is 7.86. The quantitative estimate of drug-likeness (QED) is 0.151. The van der Waals surface area contributed by atoms with Gasteiger partial charge in [0.2, 0.25) is 11.8 Å². The van der Waals surface area contributed by atoms with Crippen molar-refractivity contribution in [2.45, 2.75) is 62.6 Å². The highest BCUT2D eigenvalue weighted by Gasteiger charge is 2.36. The van der Waals surface area contributed by atoms with Crippen LogP contribution < -0.4 is 14.4 Å². The van der Waals surface area contributed by atoms with Gasteiger partial charge in [0.1, 0.15) is 18.3 Å². The molecule has 1 fully saturated rings. The summed E-state index contributed by atoms with van der Waals surface area (Å²) in [4.78, 5) is 30.4. The molecule has 1 unspecified atom stereocenters. The zero-order chi connectivity index (χ0) is 35.1. The van der Waals surface area contributed by atoms with Crippen molar-refractivity contribution in [2.24, 2.45) is 0 Å². The monoisotopic (exact) mass is 741 g/mol. The van der Waals surface area contributed by atoms with Crippen LogP contribution in [0.15, 0.2) is 95.9 Å². The van der Waals surface area contributed by atoms with E-state index in [2.05, 4.69) is 5.32 Å². The van der Waals surface area contributed by atoms with E-state index in [1.165, 1.54) is 36.3 Å². The second-order valence-electron chi connectivity index (χ2n) is 12.1. The number of amides is 2. The Hall–Kier alpha value is -3.76. The summed E-state index contributed by atoms with van der Waals surface area (Å²) < 4.78 is 35.3. The number of ether oxygens (including phenoxy) is 1. The fourth-order valence-corrected chi connectivity index (χ4v) is 8.01. The molecule has 12 heteroatoms. The average molecular weight is 743 g/mol. The topological polar surface area (TPSA) is 96.0 Å². The number of anilines is 1. The van der Waals surface area contributed by atoms with Gasteiger partial charge >= 0.3 is 0 Å². The molecule has 0 spiro atoms. The lowest BCUT2D eigenvalue weighted by atomic mass is 10.0. The summed E-state index contributed by atoms with van der Waals surface area (Å²) in [5.74, 6) is -0.770. The van der Waals surface area contributed by atoms with Gasteiger partial charge in [0.15, 0.2) is 0 Å². The lowest BCUT2D eigenvalue weighted by molar-refractivity contribution is -0.140. The van der Waals surface area contributed by atoms with Gasteiger partial charge in [0.05, 0.1) is 17.7 Å². The zero-order valence-electron chi connectivity index (χ0n) is 27.2. The van der Waals surface area contributed by atoms with Gasteiger partial charge in [0, 0.05) is 34.1 Å². The van der Waals surface area contributed by atoms with Gasteiger partial charge < -0.3 is 15.0 Å². The Balaban J connectivity index is 1.62. The van der Waals surface area contributed by atoms with Crippen LogP contribution in [0.5, 0.6) is 5.75 Å². The molecule has 5 rings (SSSR count). The number of nitrogens with zero attached hydrogens (tertiary/aromatic N) is 2. The number of carbonyl (C=O) groups excluding carboxylic acids is 2. The molecule has 0 bridgehead atoms. The maximum atomic E-state index is 14.8.